The molecule has 1 unspecified atom stereocenters. The van der Waals surface area contributed by atoms with Gasteiger partial charge in [0.15, 0.2) is 14.1 Å². The lowest BCUT2D eigenvalue weighted by Crippen LogP contribution is -2.65. The van der Waals surface area contributed by atoms with Crippen molar-refractivity contribution in [1.82, 2.24) is 4.90 Å². The van der Waals surface area contributed by atoms with Gasteiger partial charge in [0.05, 0.1) is 13.2 Å². The average molecular weight is 528 g/mol. The maximum Gasteiger partial charge on any atom is 0.328 e. The topological polar surface area (TPSA) is 108 Å². The third-order valence-corrected chi connectivity index (χ3v) is 12.5. The number of esters is 1. The number of methoxy groups -OCH3 is 2. The average Bonchev–Trinajstić information content (AvgIpc) is 2.81. The molecule has 2 heterocycles. The molecule has 2 rings (SSSR count). The standard InChI is InChI=1S/C26H45NO8Si/c1-17-13-14-19(16-21(32-6)18(2)28)34-26(17,35-36(8,9)25(3,4)5)22(29)23(30)27-15-11-10-12-20(27)24(31)33-7/h17,19-21H,10-16H2,1-9H3/t17-,19+,20+,21+,26?/m1/s1. The molecular formula is C26H45NO8Si. The Kier molecular flexibility index (Phi) is 10.1. The number of piperidine rings is 1. The quantitative estimate of drug-likeness (QED) is 0.254. The second-order valence-corrected chi connectivity index (χ2v) is 16.4. The van der Waals surface area contributed by atoms with Crippen LogP contribution in [0.2, 0.25) is 18.1 Å². The number of hydrogen-bond acceptors (Lipinski definition) is 8. The number of Topliss-reactive ketones (excluding diaryl/α,β-unsaturated/α-hetero) is 2. The molecule has 5 atom stereocenters. The molecule has 206 valence electrons. The van der Waals surface area contributed by atoms with Crippen LogP contribution in [0.3, 0.4) is 0 Å². The summed E-state index contributed by atoms with van der Waals surface area (Å²) in [6, 6.07) is -0.810. The smallest absolute Gasteiger partial charge is 0.328 e. The lowest BCUT2D eigenvalue weighted by molar-refractivity contribution is -0.258. The highest BCUT2D eigenvalue weighted by Crippen LogP contribution is 2.45. The zero-order valence-electron chi connectivity index (χ0n) is 23.5. The molecule has 0 spiro atoms. The SMILES string of the molecule is COC(=O)[C@@H]1CCCCN1C(=O)C(=O)C1(O[Si](C)(C)C(C)(C)C)O[C@H](C[C@H](OC)C(C)=O)CC[C@H]1C. The highest BCUT2D eigenvalue weighted by molar-refractivity contribution is 6.74. The molecule has 1 amide bonds. The Bertz CT molecular complexity index is 838. The second kappa shape index (κ2) is 11.8. The number of rotatable bonds is 9. The molecule has 0 N–H and O–H groups in total. The maximum atomic E-state index is 14.2. The summed E-state index contributed by atoms with van der Waals surface area (Å²) >= 11 is 0. The van der Waals surface area contributed by atoms with Gasteiger partial charge >= 0.3 is 5.97 Å². The van der Waals surface area contributed by atoms with Crippen LogP contribution >= 0.6 is 0 Å². The Balaban J connectivity index is 2.50. The molecule has 9 nitrogen and oxygen atoms in total. The van der Waals surface area contributed by atoms with E-state index in [9.17, 15) is 19.2 Å². The van der Waals surface area contributed by atoms with Gasteiger partial charge < -0.3 is 23.5 Å². The van der Waals surface area contributed by atoms with Gasteiger partial charge in [-0.25, -0.2) is 4.79 Å². The van der Waals surface area contributed by atoms with Gasteiger partial charge in [0.25, 0.3) is 11.7 Å². The molecule has 0 aromatic carbocycles. The molecule has 0 radical (unpaired) electrons. The highest BCUT2D eigenvalue weighted by Gasteiger charge is 2.58. The lowest BCUT2D eigenvalue weighted by Gasteiger charge is -2.50. The van der Waals surface area contributed by atoms with E-state index < -0.39 is 55.9 Å². The van der Waals surface area contributed by atoms with Gasteiger partial charge in [-0.15, -0.1) is 0 Å². The molecule has 0 saturated carbocycles. The molecule has 36 heavy (non-hydrogen) atoms. The van der Waals surface area contributed by atoms with Crippen molar-refractivity contribution in [3.63, 3.8) is 0 Å². The molecule has 2 aliphatic heterocycles. The van der Waals surface area contributed by atoms with Gasteiger partial charge in [-0.05, 0) is 57.2 Å². The van der Waals surface area contributed by atoms with Crippen LogP contribution in [0.25, 0.3) is 0 Å². The maximum absolute atomic E-state index is 14.2. The van der Waals surface area contributed by atoms with Crippen molar-refractivity contribution in [3.8, 4) is 0 Å². The fraction of sp³-hybridized carbons (Fsp3) is 0.846. The summed E-state index contributed by atoms with van der Waals surface area (Å²) in [4.78, 5) is 53.7. The third-order valence-electron chi connectivity index (χ3n) is 8.09. The Morgan fingerprint density at radius 1 is 1.08 bits per heavy atom. The first-order valence-corrected chi connectivity index (χ1v) is 15.9. The third kappa shape index (κ3) is 6.44. The summed E-state index contributed by atoms with van der Waals surface area (Å²) in [5.74, 6) is -4.46. The fourth-order valence-corrected chi connectivity index (χ4v) is 6.10. The molecule has 0 aromatic heterocycles. The van der Waals surface area contributed by atoms with Crippen molar-refractivity contribution in [2.24, 2.45) is 5.92 Å². The lowest BCUT2D eigenvalue weighted by atomic mass is 9.85. The Hall–Kier alpha value is -1.62. The normalized spacial score (nSPS) is 28.4. The van der Waals surface area contributed by atoms with Gasteiger partial charge in [-0.3, -0.25) is 14.4 Å². The van der Waals surface area contributed by atoms with Crippen LogP contribution in [0, 0.1) is 5.92 Å². The van der Waals surface area contributed by atoms with Gasteiger partial charge in [0, 0.05) is 26.0 Å². The first kappa shape index (κ1) is 30.6. The molecule has 10 heteroatoms. The first-order valence-electron chi connectivity index (χ1n) is 13.0. The Morgan fingerprint density at radius 2 is 1.72 bits per heavy atom. The van der Waals surface area contributed by atoms with Crippen LogP contribution in [0.4, 0.5) is 0 Å². The number of carbonyl (C=O) groups is 4. The van der Waals surface area contributed by atoms with Gasteiger partial charge in [0.1, 0.15) is 12.1 Å². The molecule has 0 bridgehead atoms. The van der Waals surface area contributed by atoms with Crippen LogP contribution in [-0.2, 0) is 37.8 Å². The predicted octanol–water partition coefficient (Wildman–Crippen LogP) is 3.64. The van der Waals surface area contributed by atoms with Crippen LogP contribution in [0.5, 0.6) is 0 Å². The fourth-order valence-electron chi connectivity index (χ4n) is 4.70. The minimum absolute atomic E-state index is 0.132. The van der Waals surface area contributed by atoms with Crippen molar-refractivity contribution in [1.29, 1.82) is 0 Å². The van der Waals surface area contributed by atoms with Crippen molar-refractivity contribution >= 4 is 31.8 Å². The van der Waals surface area contributed by atoms with Crippen molar-refractivity contribution < 1.29 is 37.8 Å². The highest BCUT2D eigenvalue weighted by atomic mass is 28.4. The summed E-state index contributed by atoms with van der Waals surface area (Å²) in [6.45, 7) is 13.8. The molecule has 2 fully saturated rings. The first-order chi connectivity index (χ1) is 16.6. The van der Waals surface area contributed by atoms with Crippen LogP contribution in [-0.4, -0.2) is 81.5 Å². The van der Waals surface area contributed by atoms with Gasteiger partial charge in [0.2, 0.25) is 5.79 Å². The predicted molar refractivity (Wildman–Crippen MR) is 137 cm³/mol. The van der Waals surface area contributed by atoms with Crippen molar-refractivity contribution in [2.45, 2.75) is 115 Å². The van der Waals surface area contributed by atoms with E-state index >= 15 is 0 Å². The molecule has 0 aliphatic carbocycles. The number of ketones is 2. The largest absolute Gasteiger partial charge is 0.467 e. The van der Waals surface area contributed by atoms with E-state index in [-0.39, 0.29) is 23.8 Å². The minimum atomic E-state index is -2.62. The van der Waals surface area contributed by atoms with Gasteiger partial charge in [-0.2, -0.15) is 0 Å². The Morgan fingerprint density at radius 3 is 2.25 bits per heavy atom. The molecular weight excluding hydrogens is 482 g/mol. The van der Waals surface area contributed by atoms with Crippen LogP contribution in [0.15, 0.2) is 0 Å². The zero-order chi connectivity index (χ0) is 27.5. The zero-order valence-corrected chi connectivity index (χ0v) is 24.5. The monoisotopic (exact) mass is 527 g/mol. The van der Waals surface area contributed by atoms with E-state index in [1.165, 1.54) is 26.0 Å². The molecule has 0 aromatic rings. The van der Waals surface area contributed by atoms with Crippen molar-refractivity contribution in [3.05, 3.63) is 0 Å². The van der Waals surface area contributed by atoms with E-state index in [2.05, 4.69) is 20.8 Å². The summed E-state index contributed by atoms with van der Waals surface area (Å²) in [6.07, 6.45) is 2.16. The number of hydrogen-bond donors (Lipinski definition) is 0. The molecule has 2 aliphatic rings. The number of amides is 1. The number of carbonyl (C=O) groups excluding carboxylic acids is 4. The summed E-state index contributed by atoms with van der Waals surface area (Å²) in [7, 11) is 0.130. The number of likely N-dealkylation sites (tertiary alicyclic amines) is 1. The summed E-state index contributed by atoms with van der Waals surface area (Å²) in [5.41, 5.74) is 0. The number of nitrogens with zero attached hydrogens (tertiary/aromatic N) is 1. The van der Waals surface area contributed by atoms with Crippen LogP contribution < -0.4 is 0 Å². The van der Waals surface area contributed by atoms with E-state index in [0.717, 1.165) is 6.42 Å². The van der Waals surface area contributed by atoms with Crippen molar-refractivity contribution in [2.75, 3.05) is 20.8 Å². The Labute approximate surface area is 216 Å². The second-order valence-electron chi connectivity index (χ2n) is 11.7. The van der Waals surface area contributed by atoms with E-state index in [0.29, 0.717) is 25.7 Å². The van der Waals surface area contributed by atoms with E-state index in [1.807, 2.05) is 20.0 Å². The summed E-state index contributed by atoms with van der Waals surface area (Å²) in [5, 5.41) is -0.256. The number of ether oxygens (including phenoxy) is 3. The summed E-state index contributed by atoms with van der Waals surface area (Å²) < 4.78 is 23.4. The molecule has 2 saturated heterocycles. The van der Waals surface area contributed by atoms with Gasteiger partial charge in [-0.1, -0.05) is 27.7 Å². The minimum Gasteiger partial charge on any atom is -0.467 e. The van der Waals surface area contributed by atoms with E-state index in [4.69, 9.17) is 18.6 Å². The van der Waals surface area contributed by atoms with Crippen LogP contribution in [0.1, 0.15) is 73.1 Å². The van der Waals surface area contributed by atoms with E-state index in [1.54, 1.807) is 0 Å².